The van der Waals surface area contributed by atoms with E-state index in [4.69, 9.17) is 0 Å². The van der Waals surface area contributed by atoms with Crippen LogP contribution in [0.15, 0.2) is 30.3 Å². The molecule has 4 nitrogen and oxygen atoms in total. The average Bonchev–Trinajstić information content (AvgIpc) is 2.59. The lowest BCUT2D eigenvalue weighted by Gasteiger charge is -2.35. The zero-order chi connectivity index (χ0) is 17.8. The van der Waals surface area contributed by atoms with Gasteiger partial charge in [0.1, 0.15) is 0 Å². The van der Waals surface area contributed by atoms with Gasteiger partial charge in [-0.15, -0.1) is 0 Å². The number of nitrogens with zero attached hydrogens (tertiary/aromatic N) is 1. The zero-order valence-electron chi connectivity index (χ0n) is 15.3. The zero-order valence-corrected chi connectivity index (χ0v) is 15.3. The Kier molecular flexibility index (Phi) is 10.8. The van der Waals surface area contributed by atoms with E-state index in [1.54, 1.807) is 0 Å². The molecule has 2 unspecified atom stereocenters. The number of benzene rings is 1. The second-order valence-electron chi connectivity index (χ2n) is 5.47. The van der Waals surface area contributed by atoms with E-state index in [2.05, 4.69) is 30.7 Å². The monoisotopic (exact) mass is 321 g/mol. The highest BCUT2D eigenvalue weighted by Crippen LogP contribution is 2.26. The van der Waals surface area contributed by atoms with Crippen molar-refractivity contribution in [3.8, 4) is 0 Å². The first-order valence-electron chi connectivity index (χ1n) is 8.34. The summed E-state index contributed by atoms with van der Waals surface area (Å²) in [5, 5.41) is 0. The van der Waals surface area contributed by atoms with Gasteiger partial charge in [-0.1, -0.05) is 51.1 Å². The van der Waals surface area contributed by atoms with Crippen LogP contribution in [0.5, 0.6) is 0 Å². The molecule has 4 heteroatoms. The Bertz CT molecular complexity index is 459. The van der Waals surface area contributed by atoms with Gasteiger partial charge in [0, 0.05) is 19.9 Å². The Morgan fingerprint density at radius 1 is 1.26 bits per heavy atom. The second kappa shape index (κ2) is 11.7. The maximum atomic E-state index is 11.9. The van der Waals surface area contributed by atoms with E-state index in [1.165, 1.54) is 19.6 Å². The highest BCUT2D eigenvalue weighted by Gasteiger charge is 2.27. The molecule has 2 rings (SSSR count). The van der Waals surface area contributed by atoms with E-state index in [9.17, 15) is 9.59 Å². The molecule has 0 spiro atoms. The van der Waals surface area contributed by atoms with Crippen LogP contribution in [0.25, 0.3) is 0 Å². The predicted octanol–water partition coefficient (Wildman–Crippen LogP) is 4.21. The van der Waals surface area contributed by atoms with Crippen LogP contribution in [0.1, 0.15) is 59.1 Å². The summed E-state index contributed by atoms with van der Waals surface area (Å²) < 4.78 is 4.11. The standard InChI is InChI=1S/C14H19NO.C3H6O2.C2H6/c1-11-8-9-14(16)15(10-11)12(2)13-6-4-3-5-7-13;1-3(4)5-2;1-2/h3-7,11-12H,8-10H2,1-2H3;1-2H3;1-2H3. The van der Waals surface area contributed by atoms with Crippen LogP contribution in [-0.4, -0.2) is 30.4 Å². The smallest absolute Gasteiger partial charge is 0.302 e. The Labute approximate surface area is 140 Å². The minimum Gasteiger partial charge on any atom is -0.469 e. The topological polar surface area (TPSA) is 46.6 Å². The Balaban J connectivity index is 0.000000594. The summed E-state index contributed by atoms with van der Waals surface area (Å²) in [6, 6.07) is 10.5. The molecule has 0 bridgehead atoms. The predicted molar refractivity (Wildman–Crippen MR) is 94.0 cm³/mol. The number of likely N-dealkylation sites (tertiary alicyclic amines) is 1. The Morgan fingerprint density at radius 3 is 2.26 bits per heavy atom. The molecular weight excluding hydrogens is 290 g/mol. The molecule has 1 fully saturated rings. The second-order valence-corrected chi connectivity index (χ2v) is 5.47. The molecule has 2 atom stereocenters. The van der Waals surface area contributed by atoms with Crippen molar-refractivity contribution in [1.82, 2.24) is 4.90 Å². The van der Waals surface area contributed by atoms with Crippen LogP contribution in [-0.2, 0) is 14.3 Å². The molecule has 0 aromatic heterocycles. The third-order valence-electron chi connectivity index (χ3n) is 3.72. The van der Waals surface area contributed by atoms with Gasteiger partial charge in [0.05, 0.1) is 13.2 Å². The van der Waals surface area contributed by atoms with Crippen molar-refractivity contribution < 1.29 is 14.3 Å². The first-order chi connectivity index (χ1) is 11.0. The van der Waals surface area contributed by atoms with Crippen molar-refractivity contribution >= 4 is 11.9 Å². The van der Waals surface area contributed by atoms with Crippen molar-refractivity contribution in [3.05, 3.63) is 35.9 Å². The highest BCUT2D eigenvalue weighted by atomic mass is 16.5. The number of hydrogen-bond donors (Lipinski definition) is 0. The van der Waals surface area contributed by atoms with Crippen molar-refractivity contribution in [2.45, 2.75) is 53.5 Å². The van der Waals surface area contributed by atoms with Gasteiger partial charge in [-0.3, -0.25) is 9.59 Å². The summed E-state index contributed by atoms with van der Waals surface area (Å²) in [5.41, 5.74) is 1.23. The lowest BCUT2D eigenvalue weighted by atomic mass is 9.96. The Morgan fingerprint density at radius 2 is 1.78 bits per heavy atom. The van der Waals surface area contributed by atoms with Gasteiger partial charge < -0.3 is 9.64 Å². The van der Waals surface area contributed by atoms with E-state index >= 15 is 0 Å². The number of amides is 1. The van der Waals surface area contributed by atoms with Crippen molar-refractivity contribution in [3.63, 3.8) is 0 Å². The molecule has 130 valence electrons. The van der Waals surface area contributed by atoms with E-state index in [1.807, 2.05) is 36.9 Å². The summed E-state index contributed by atoms with van der Waals surface area (Å²) in [4.78, 5) is 23.5. The molecule has 23 heavy (non-hydrogen) atoms. The van der Waals surface area contributed by atoms with Gasteiger partial charge in [-0.2, -0.15) is 0 Å². The molecular formula is C19H31NO3. The molecule has 1 aliphatic rings. The first kappa shape index (κ1) is 21.2. The average molecular weight is 321 g/mol. The third kappa shape index (κ3) is 7.82. The van der Waals surface area contributed by atoms with Gasteiger partial charge in [-0.25, -0.2) is 0 Å². The number of methoxy groups -OCH3 is 1. The third-order valence-corrected chi connectivity index (χ3v) is 3.72. The van der Waals surface area contributed by atoms with Gasteiger partial charge in [-0.05, 0) is 24.8 Å². The largest absolute Gasteiger partial charge is 0.469 e. The van der Waals surface area contributed by atoms with Gasteiger partial charge in [0.15, 0.2) is 0 Å². The summed E-state index contributed by atoms with van der Waals surface area (Å²) in [6.45, 7) is 10.6. The van der Waals surface area contributed by atoms with Crippen LogP contribution in [0.4, 0.5) is 0 Å². The number of carbonyl (C=O) groups excluding carboxylic acids is 2. The molecule has 0 N–H and O–H groups in total. The Hall–Kier alpha value is -1.84. The molecule has 1 aromatic carbocycles. The summed E-state index contributed by atoms with van der Waals surface area (Å²) in [5.74, 6) is 0.684. The molecule has 1 heterocycles. The van der Waals surface area contributed by atoms with E-state index in [0.717, 1.165) is 13.0 Å². The highest BCUT2D eigenvalue weighted by molar-refractivity contribution is 5.77. The molecule has 1 aliphatic heterocycles. The van der Waals surface area contributed by atoms with Crippen molar-refractivity contribution in [2.75, 3.05) is 13.7 Å². The fraction of sp³-hybridized carbons (Fsp3) is 0.579. The summed E-state index contributed by atoms with van der Waals surface area (Å²) in [7, 11) is 1.35. The number of hydrogen-bond acceptors (Lipinski definition) is 3. The lowest BCUT2D eigenvalue weighted by molar-refractivity contribution is -0.138. The quantitative estimate of drug-likeness (QED) is 0.767. The van der Waals surface area contributed by atoms with E-state index in [-0.39, 0.29) is 12.0 Å². The minimum atomic E-state index is -0.245. The fourth-order valence-corrected chi connectivity index (χ4v) is 2.33. The summed E-state index contributed by atoms with van der Waals surface area (Å²) in [6.07, 6.45) is 1.75. The van der Waals surface area contributed by atoms with Crippen molar-refractivity contribution in [2.24, 2.45) is 5.92 Å². The van der Waals surface area contributed by atoms with Gasteiger partial charge >= 0.3 is 5.97 Å². The molecule has 0 aliphatic carbocycles. The maximum absolute atomic E-state index is 11.9. The van der Waals surface area contributed by atoms with Gasteiger partial charge in [0.2, 0.25) is 5.91 Å². The number of carbonyl (C=O) groups is 2. The molecule has 1 saturated heterocycles. The summed E-state index contributed by atoms with van der Waals surface area (Å²) >= 11 is 0. The first-order valence-corrected chi connectivity index (χ1v) is 8.34. The number of piperidine rings is 1. The van der Waals surface area contributed by atoms with Crippen LogP contribution in [0, 0.1) is 5.92 Å². The van der Waals surface area contributed by atoms with Crippen LogP contribution in [0.3, 0.4) is 0 Å². The van der Waals surface area contributed by atoms with E-state index in [0.29, 0.717) is 18.2 Å². The lowest BCUT2D eigenvalue weighted by Crippen LogP contribution is -2.40. The molecule has 1 amide bonds. The molecule has 1 aromatic rings. The van der Waals surface area contributed by atoms with Crippen molar-refractivity contribution in [1.29, 1.82) is 0 Å². The number of esters is 1. The molecule has 0 radical (unpaired) electrons. The van der Waals surface area contributed by atoms with Crippen LogP contribution in [0.2, 0.25) is 0 Å². The normalized spacial score (nSPS) is 17.9. The maximum Gasteiger partial charge on any atom is 0.302 e. The number of ether oxygens (including phenoxy) is 1. The van der Waals surface area contributed by atoms with Crippen LogP contribution < -0.4 is 0 Å². The number of rotatable bonds is 2. The SMILES string of the molecule is CC.CC1CCC(=O)N(C(C)c2ccccc2)C1.COC(C)=O. The van der Waals surface area contributed by atoms with Crippen LogP contribution >= 0.6 is 0 Å². The van der Waals surface area contributed by atoms with Gasteiger partial charge in [0.25, 0.3) is 0 Å². The minimum absolute atomic E-state index is 0.205. The van der Waals surface area contributed by atoms with E-state index < -0.39 is 0 Å². The fourth-order valence-electron chi connectivity index (χ4n) is 2.33. The molecule has 0 saturated carbocycles.